The molecule has 1 atom stereocenters. The van der Waals surface area contributed by atoms with E-state index in [1.165, 1.54) is 23.4 Å². The van der Waals surface area contributed by atoms with Crippen LogP contribution in [0.3, 0.4) is 0 Å². The smallest absolute Gasteiger partial charge is 0.0807 e. The van der Waals surface area contributed by atoms with Crippen molar-refractivity contribution in [3.63, 3.8) is 0 Å². The van der Waals surface area contributed by atoms with Crippen LogP contribution in [0.1, 0.15) is 56.2 Å². The Balaban J connectivity index is 2.24. The third-order valence-electron chi connectivity index (χ3n) is 3.63. The highest BCUT2D eigenvalue weighted by Gasteiger charge is 2.22. The zero-order chi connectivity index (χ0) is 11.7. The molecule has 0 fully saturated rings. The van der Waals surface area contributed by atoms with Crippen LogP contribution in [-0.2, 0) is 13.0 Å². The summed E-state index contributed by atoms with van der Waals surface area (Å²) in [5, 5.41) is 9.96. The molecule has 1 aromatic rings. The van der Waals surface area contributed by atoms with Crippen LogP contribution in [0.2, 0.25) is 0 Å². The molecule has 16 heavy (non-hydrogen) atoms. The Morgan fingerprint density at radius 3 is 2.94 bits per heavy atom. The molecule has 0 aliphatic heterocycles. The second-order valence-electron chi connectivity index (χ2n) is 5.43. The number of rotatable bonds is 3. The second kappa shape index (κ2) is 4.62. The van der Waals surface area contributed by atoms with E-state index in [-0.39, 0.29) is 6.10 Å². The van der Waals surface area contributed by atoms with E-state index in [1.807, 2.05) is 0 Å². The van der Waals surface area contributed by atoms with Crippen LogP contribution < -0.4 is 0 Å². The Kier molecular flexibility index (Phi) is 3.38. The highest BCUT2D eigenvalue weighted by atomic mass is 16.3. The molecule has 0 saturated carbocycles. The molecule has 1 heterocycles. The SMILES string of the molecule is Cc1cc2c(n1CCC(C)C)CCCC2O. The Morgan fingerprint density at radius 2 is 2.25 bits per heavy atom. The zero-order valence-electron chi connectivity index (χ0n) is 10.7. The van der Waals surface area contributed by atoms with Crippen molar-refractivity contribution in [1.29, 1.82) is 0 Å². The van der Waals surface area contributed by atoms with Gasteiger partial charge in [0.05, 0.1) is 6.10 Å². The molecular formula is C14H23NO. The first-order valence-electron chi connectivity index (χ1n) is 6.46. The number of nitrogens with zero attached hydrogens (tertiary/aromatic N) is 1. The number of hydrogen-bond donors (Lipinski definition) is 1. The summed E-state index contributed by atoms with van der Waals surface area (Å²) in [6.45, 7) is 7.79. The van der Waals surface area contributed by atoms with Gasteiger partial charge < -0.3 is 9.67 Å². The van der Waals surface area contributed by atoms with E-state index in [4.69, 9.17) is 0 Å². The Bertz CT molecular complexity index is 365. The minimum atomic E-state index is -0.220. The van der Waals surface area contributed by atoms with E-state index >= 15 is 0 Å². The molecule has 0 amide bonds. The minimum absolute atomic E-state index is 0.220. The van der Waals surface area contributed by atoms with Crippen LogP contribution in [-0.4, -0.2) is 9.67 Å². The monoisotopic (exact) mass is 221 g/mol. The first kappa shape index (κ1) is 11.7. The van der Waals surface area contributed by atoms with E-state index in [9.17, 15) is 5.11 Å². The largest absolute Gasteiger partial charge is 0.388 e. The molecule has 1 N–H and O–H groups in total. The average Bonchev–Trinajstić information content (AvgIpc) is 2.53. The van der Waals surface area contributed by atoms with Crippen molar-refractivity contribution in [1.82, 2.24) is 4.57 Å². The van der Waals surface area contributed by atoms with Crippen molar-refractivity contribution in [3.05, 3.63) is 23.0 Å². The fourth-order valence-electron chi connectivity index (χ4n) is 2.64. The summed E-state index contributed by atoms with van der Waals surface area (Å²) >= 11 is 0. The first-order chi connectivity index (χ1) is 7.59. The van der Waals surface area contributed by atoms with Crippen LogP contribution in [0.5, 0.6) is 0 Å². The molecule has 1 aliphatic rings. The number of hydrogen-bond acceptors (Lipinski definition) is 1. The van der Waals surface area contributed by atoms with Gasteiger partial charge in [0.25, 0.3) is 0 Å². The maximum Gasteiger partial charge on any atom is 0.0807 e. The summed E-state index contributed by atoms with van der Waals surface area (Å²) in [6, 6.07) is 2.18. The summed E-state index contributed by atoms with van der Waals surface area (Å²) in [5.74, 6) is 0.742. The van der Waals surface area contributed by atoms with Crippen molar-refractivity contribution in [2.24, 2.45) is 5.92 Å². The normalized spacial score (nSPS) is 20.2. The molecule has 2 rings (SSSR count). The quantitative estimate of drug-likeness (QED) is 0.833. The molecule has 0 bridgehead atoms. The van der Waals surface area contributed by atoms with Crippen LogP contribution in [0.25, 0.3) is 0 Å². The molecule has 1 unspecified atom stereocenters. The summed E-state index contributed by atoms with van der Waals surface area (Å²) in [5.41, 5.74) is 3.89. The maximum atomic E-state index is 9.96. The van der Waals surface area contributed by atoms with Gasteiger partial charge in [-0.25, -0.2) is 0 Å². The number of aliphatic hydroxyl groups is 1. The lowest BCUT2D eigenvalue weighted by Crippen LogP contribution is -2.13. The lowest BCUT2D eigenvalue weighted by molar-refractivity contribution is 0.155. The summed E-state index contributed by atoms with van der Waals surface area (Å²) in [7, 11) is 0. The van der Waals surface area contributed by atoms with Crippen LogP contribution in [0.15, 0.2) is 6.07 Å². The van der Waals surface area contributed by atoms with E-state index in [0.717, 1.165) is 31.7 Å². The Labute approximate surface area is 98.3 Å². The van der Waals surface area contributed by atoms with Crippen molar-refractivity contribution in [2.75, 3.05) is 0 Å². The van der Waals surface area contributed by atoms with Crippen LogP contribution in [0, 0.1) is 12.8 Å². The van der Waals surface area contributed by atoms with E-state index < -0.39 is 0 Å². The molecule has 2 nitrogen and oxygen atoms in total. The predicted molar refractivity (Wildman–Crippen MR) is 66.5 cm³/mol. The van der Waals surface area contributed by atoms with Gasteiger partial charge in [0.15, 0.2) is 0 Å². The summed E-state index contributed by atoms with van der Waals surface area (Å²) in [4.78, 5) is 0. The predicted octanol–water partition coefficient (Wildman–Crippen LogP) is 3.21. The van der Waals surface area contributed by atoms with Gasteiger partial charge in [0.2, 0.25) is 0 Å². The lowest BCUT2D eigenvalue weighted by Gasteiger charge is -2.21. The molecule has 90 valence electrons. The Morgan fingerprint density at radius 1 is 1.50 bits per heavy atom. The highest BCUT2D eigenvalue weighted by Crippen LogP contribution is 2.32. The summed E-state index contributed by atoms with van der Waals surface area (Å²) < 4.78 is 2.41. The third kappa shape index (κ3) is 2.17. The molecule has 0 aromatic carbocycles. The molecule has 1 aliphatic carbocycles. The molecule has 1 aromatic heterocycles. The maximum absolute atomic E-state index is 9.96. The standard InChI is InChI=1S/C14H23NO/c1-10(2)7-8-15-11(3)9-12-13(15)5-4-6-14(12)16/h9-10,14,16H,4-8H2,1-3H3. The minimum Gasteiger partial charge on any atom is -0.388 e. The molecule has 0 saturated heterocycles. The van der Waals surface area contributed by atoms with Crippen LogP contribution in [0.4, 0.5) is 0 Å². The molecule has 0 spiro atoms. The summed E-state index contributed by atoms with van der Waals surface area (Å²) in [6.07, 6.45) is 4.19. The van der Waals surface area contributed by atoms with E-state index in [1.54, 1.807) is 0 Å². The second-order valence-corrected chi connectivity index (χ2v) is 5.43. The van der Waals surface area contributed by atoms with Gasteiger partial charge in [0, 0.05) is 23.5 Å². The van der Waals surface area contributed by atoms with Crippen LogP contribution >= 0.6 is 0 Å². The third-order valence-corrected chi connectivity index (χ3v) is 3.63. The number of aryl methyl sites for hydroxylation is 1. The average molecular weight is 221 g/mol. The van der Waals surface area contributed by atoms with Crippen molar-refractivity contribution < 1.29 is 5.11 Å². The number of aromatic nitrogens is 1. The van der Waals surface area contributed by atoms with Crippen molar-refractivity contribution >= 4 is 0 Å². The van der Waals surface area contributed by atoms with E-state index in [2.05, 4.69) is 31.4 Å². The first-order valence-corrected chi connectivity index (χ1v) is 6.46. The van der Waals surface area contributed by atoms with Gasteiger partial charge in [-0.1, -0.05) is 13.8 Å². The lowest BCUT2D eigenvalue weighted by atomic mass is 9.95. The Hall–Kier alpha value is -0.760. The number of fused-ring (bicyclic) bond motifs is 1. The number of aliphatic hydroxyl groups excluding tert-OH is 1. The molecule has 2 heteroatoms. The van der Waals surface area contributed by atoms with Gasteiger partial charge in [-0.05, 0) is 44.6 Å². The van der Waals surface area contributed by atoms with E-state index in [0.29, 0.717) is 0 Å². The van der Waals surface area contributed by atoms with Gasteiger partial charge in [-0.15, -0.1) is 0 Å². The molecular weight excluding hydrogens is 198 g/mol. The fraction of sp³-hybridized carbons (Fsp3) is 0.714. The van der Waals surface area contributed by atoms with Crippen molar-refractivity contribution in [2.45, 2.75) is 59.1 Å². The van der Waals surface area contributed by atoms with Crippen molar-refractivity contribution in [3.8, 4) is 0 Å². The van der Waals surface area contributed by atoms with Gasteiger partial charge in [0.1, 0.15) is 0 Å². The fourth-order valence-corrected chi connectivity index (χ4v) is 2.64. The topological polar surface area (TPSA) is 25.2 Å². The zero-order valence-corrected chi connectivity index (χ0v) is 10.7. The molecule has 0 radical (unpaired) electrons. The van der Waals surface area contributed by atoms with Gasteiger partial charge >= 0.3 is 0 Å². The van der Waals surface area contributed by atoms with Gasteiger partial charge in [-0.3, -0.25) is 0 Å². The van der Waals surface area contributed by atoms with Gasteiger partial charge in [-0.2, -0.15) is 0 Å². The highest BCUT2D eigenvalue weighted by molar-refractivity contribution is 5.31.